The number of sulfone groups is 1. The molecule has 0 spiro atoms. The van der Waals surface area contributed by atoms with Gasteiger partial charge in [-0.05, 0) is 12.1 Å². The number of para-hydroxylation sites is 1. The van der Waals surface area contributed by atoms with E-state index in [1.54, 1.807) is 6.07 Å². The Morgan fingerprint density at radius 2 is 2.10 bits per heavy atom. The van der Waals surface area contributed by atoms with Gasteiger partial charge in [-0.15, -0.1) is 0 Å². The minimum Gasteiger partial charge on any atom is -0.478 e. The Labute approximate surface area is 114 Å². The van der Waals surface area contributed by atoms with Gasteiger partial charge >= 0.3 is 11.7 Å². The highest BCUT2D eigenvalue weighted by Crippen LogP contribution is 2.15. The molecular formula is C12H14N2O5S. The second kappa shape index (κ2) is 5.12. The van der Waals surface area contributed by atoms with Crippen LogP contribution in [-0.2, 0) is 16.4 Å². The minimum absolute atomic E-state index is 0.00191. The van der Waals surface area contributed by atoms with Crippen molar-refractivity contribution in [3.8, 4) is 0 Å². The number of hydrogen-bond donors (Lipinski definition) is 2. The van der Waals surface area contributed by atoms with Crippen LogP contribution in [0.25, 0.3) is 11.0 Å². The van der Waals surface area contributed by atoms with Crippen molar-refractivity contribution in [3.63, 3.8) is 0 Å². The Bertz CT molecular complexity index is 816. The van der Waals surface area contributed by atoms with E-state index < -0.39 is 21.5 Å². The van der Waals surface area contributed by atoms with E-state index >= 15 is 0 Å². The number of benzene rings is 1. The number of aromatic carboxylic acids is 1. The molecule has 0 amide bonds. The largest absolute Gasteiger partial charge is 0.478 e. The summed E-state index contributed by atoms with van der Waals surface area (Å²) >= 11 is 0. The molecule has 0 atom stereocenters. The molecular weight excluding hydrogens is 284 g/mol. The van der Waals surface area contributed by atoms with E-state index in [1.165, 1.54) is 23.6 Å². The highest BCUT2D eigenvalue weighted by atomic mass is 32.2. The summed E-state index contributed by atoms with van der Waals surface area (Å²) in [6, 6.07) is 4.48. The molecule has 2 rings (SSSR count). The standard InChI is InChI=1S/C12H14N2O5S/c1-2-20(18,19)7-6-14-9-5-3-4-8(11(15)16)10(9)13-12(14)17/h3-5H,2,6-7H2,1H3,(H,13,17)(H,15,16). The molecule has 0 saturated heterocycles. The fourth-order valence-corrected chi connectivity index (χ4v) is 2.70. The number of hydrogen-bond acceptors (Lipinski definition) is 4. The number of aromatic amines is 1. The number of H-pyrrole nitrogens is 1. The van der Waals surface area contributed by atoms with Crippen molar-refractivity contribution >= 4 is 26.8 Å². The molecule has 0 aliphatic rings. The second-order valence-corrected chi connectivity index (χ2v) is 6.80. The summed E-state index contributed by atoms with van der Waals surface area (Å²) in [5.74, 6) is -1.30. The normalized spacial score (nSPS) is 11.8. The summed E-state index contributed by atoms with van der Waals surface area (Å²) in [5, 5.41) is 9.05. The Kier molecular flexibility index (Phi) is 3.67. The first kappa shape index (κ1) is 14.3. The number of rotatable bonds is 5. The number of nitrogens with one attached hydrogen (secondary N) is 1. The molecule has 0 saturated carbocycles. The lowest BCUT2D eigenvalue weighted by molar-refractivity contribution is 0.0699. The Balaban J connectivity index is 2.50. The van der Waals surface area contributed by atoms with Gasteiger partial charge in [-0.3, -0.25) is 4.57 Å². The molecule has 0 bridgehead atoms. The van der Waals surface area contributed by atoms with Crippen LogP contribution in [0, 0.1) is 0 Å². The predicted molar refractivity (Wildman–Crippen MR) is 73.8 cm³/mol. The Morgan fingerprint density at radius 1 is 1.40 bits per heavy atom. The van der Waals surface area contributed by atoms with Crippen LogP contribution in [0.3, 0.4) is 0 Å². The zero-order valence-electron chi connectivity index (χ0n) is 10.8. The molecule has 2 aromatic rings. The molecule has 7 nitrogen and oxygen atoms in total. The smallest absolute Gasteiger partial charge is 0.337 e. The number of imidazole rings is 1. The van der Waals surface area contributed by atoms with E-state index in [-0.39, 0.29) is 29.1 Å². The van der Waals surface area contributed by atoms with Crippen LogP contribution in [0.15, 0.2) is 23.0 Å². The van der Waals surface area contributed by atoms with Crippen LogP contribution in [0.5, 0.6) is 0 Å². The first-order valence-corrected chi connectivity index (χ1v) is 7.83. The van der Waals surface area contributed by atoms with Gasteiger partial charge in [0.05, 0.1) is 22.3 Å². The van der Waals surface area contributed by atoms with E-state index in [0.717, 1.165) is 0 Å². The van der Waals surface area contributed by atoms with Gasteiger partial charge < -0.3 is 10.1 Å². The van der Waals surface area contributed by atoms with Gasteiger partial charge in [0.1, 0.15) is 0 Å². The molecule has 0 unspecified atom stereocenters. The van der Waals surface area contributed by atoms with Gasteiger partial charge in [0.25, 0.3) is 0 Å². The van der Waals surface area contributed by atoms with E-state index in [2.05, 4.69) is 4.98 Å². The minimum atomic E-state index is -3.20. The predicted octanol–water partition coefficient (Wildman–Crippen LogP) is 0.463. The summed E-state index contributed by atoms with van der Waals surface area (Å²) in [4.78, 5) is 25.4. The van der Waals surface area contributed by atoms with Gasteiger partial charge in [0.2, 0.25) is 0 Å². The van der Waals surface area contributed by atoms with Gasteiger partial charge in [0, 0.05) is 12.3 Å². The summed E-state index contributed by atoms with van der Waals surface area (Å²) < 4.78 is 24.2. The van der Waals surface area contributed by atoms with Gasteiger partial charge in [-0.2, -0.15) is 0 Å². The SMILES string of the molecule is CCS(=O)(=O)CCn1c(=O)[nH]c2c(C(=O)O)cccc21. The molecule has 1 aromatic carbocycles. The van der Waals surface area contributed by atoms with Crippen LogP contribution >= 0.6 is 0 Å². The van der Waals surface area contributed by atoms with E-state index in [1.807, 2.05) is 0 Å². The van der Waals surface area contributed by atoms with Crippen molar-refractivity contribution in [2.45, 2.75) is 13.5 Å². The fourth-order valence-electron chi connectivity index (χ4n) is 1.96. The van der Waals surface area contributed by atoms with Crippen LogP contribution in [0.2, 0.25) is 0 Å². The van der Waals surface area contributed by atoms with E-state index in [4.69, 9.17) is 5.11 Å². The van der Waals surface area contributed by atoms with Gasteiger partial charge in [-0.1, -0.05) is 13.0 Å². The molecule has 2 N–H and O–H groups in total. The van der Waals surface area contributed by atoms with Crippen molar-refractivity contribution in [3.05, 3.63) is 34.2 Å². The van der Waals surface area contributed by atoms with Crippen molar-refractivity contribution < 1.29 is 18.3 Å². The Morgan fingerprint density at radius 3 is 2.70 bits per heavy atom. The summed E-state index contributed by atoms with van der Waals surface area (Å²) in [6.07, 6.45) is 0. The first-order chi connectivity index (χ1) is 9.35. The molecule has 8 heteroatoms. The van der Waals surface area contributed by atoms with E-state index in [9.17, 15) is 18.0 Å². The highest BCUT2D eigenvalue weighted by molar-refractivity contribution is 7.91. The molecule has 0 aliphatic carbocycles. The number of carboxylic acids is 1. The summed E-state index contributed by atoms with van der Waals surface area (Å²) in [7, 11) is -3.20. The molecule has 0 fully saturated rings. The summed E-state index contributed by atoms with van der Waals surface area (Å²) in [6.45, 7) is 1.54. The van der Waals surface area contributed by atoms with Gasteiger partial charge in [-0.25, -0.2) is 18.0 Å². The maximum atomic E-state index is 11.8. The zero-order chi connectivity index (χ0) is 14.9. The van der Waals surface area contributed by atoms with Crippen molar-refractivity contribution in [2.24, 2.45) is 0 Å². The average molecular weight is 298 g/mol. The van der Waals surface area contributed by atoms with E-state index in [0.29, 0.717) is 5.52 Å². The quantitative estimate of drug-likeness (QED) is 0.833. The number of carbonyl (C=O) groups is 1. The van der Waals surface area contributed by atoms with Crippen LogP contribution in [0.1, 0.15) is 17.3 Å². The molecule has 1 heterocycles. The van der Waals surface area contributed by atoms with Crippen molar-refractivity contribution in [1.82, 2.24) is 9.55 Å². The molecule has 20 heavy (non-hydrogen) atoms. The Hall–Kier alpha value is -2.09. The lowest BCUT2D eigenvalue weighted by Crippen LogP contribution is -2.22. The lowest BCUT2D eigenvalue weighted by Gasteiger charge is -2.04. The van der Waals surface area contributed by atoms with Gasteiger partial charge in [0.15, 0.2) is 9.84 Å². The molecule has 108 valence electrons. The molecule has 0 aliphatic heterocycles. The lowest BCUT2D eigenvalue weighted by atomic mass is 10.2. The maximum absolute atomic E-state index is 11.8. The molecule has 0 radical (unpaired) electrons. The third-order valence-electron chi connectivity index (χ3n) is 3.11. The van der Waals surface area contributed by atoms with Crippen molar-refractivity contribution in [2.75, 3.05) is 11.5 Å². The third-order valence-corrected chi connectivity index (χ3v) is 4.79. The first-order valence-electron chi connectivity index (χ1n) is 6.01. The zero-order valence-corrected chi connectivity index (χ0v) is 11.6. The van der Waals surface area contributed by atoms with Crippen LogP contribution < -0.4 is 5.69 Å². The average Bonchev–Trinajstić information content (AvgIpc) is 2.71. The maximum Gasteiger partial charge on any atom is 0.337 e. The number of carboxylic acid groups (broad SMARTS) is 1. The highest BCUT2D eigenvalue weighted by Gasteiger charge is 2.15. The van der Waals surface area contributed by atoms with Crippen LogP contribution in [0.4, 0.5) is 0 Å². The topological polar surface area (TPSA) is 109 Å². The number of fused-ring (bicyclic) bond motifs is 1. The van der Waals surface area contributed by atoms with Crippen molar-refractivity contribution in [1.29, 1.82) is 0 Å². The monoisotopic (exact) mass is 298 g/mol. The molecule has 1 aromatic heterocycles. The number of aryl methyl sites for hydroxylation is 1. The third kappa shape index (κ3) is 2.60. The number of aromatic nitrogens is 2. The fraction of sp³-hybridized carbons (Fsp3) is 0.333. The van der Waals surface area contributed by atoms with Crippen LogP contribution in [-0.4, -0.2) is 40.6 Å². The second-order valence-electron chi connectivity index (χ2n) is 4.32. The number of nitrogens with zero attached hydrogens (tertiary/aromatic N) is 1. The summed E-state index contributed by atoms with van der Waals surface area (Å²) in [5.41, 5.74) is 0.0665.